The molecule has 0 saturated carbocycles. The van der Waals surface area contributed by atoms with Gasteiger partial charge in [-0.15, -0.1) is 5.10 Å². The summed E-state index contributed by atoms with van der Waals surface area (Å²) in [5.74, 6) is -1.23. The maximum Gasteiger partial charge on any atom is 0.296 e. The number of hydrogen-bond acceptors (Lipinski definition) is 4. The van der Waals surface area contributed by atoms with Crippen molar-refractivity contribution in [3.05, 3.63) is 105 Å². The van der Waals surface area contributed by atoms with Crippen molar-refractivity contribution in [3.63, 3.8) is 0 Å². The van der Waals surface area contributed by atoms with Gasteiger partial charge in [0.05, 0.1) is 17.6 Å². The molecule has 5 rings (SSSR count). The van der Waals surface area contributed by atoms with E-state index in [2.05, 4.69) is 15.4 Å². The summed E-state index contributed by atoms with van der Waals surface area (Å²) in [6, 6.07) is 18.1. The van der Waals surface area contributed by atoms with Crippen molar-refractivity contribution < 1.29 is 9.18 Å². The molecular formula is C26H22FN5O2. The second-order valence-corrected chi connectivity index (χ2v) is 8.46. The van der Waals surface area contributed by atoms with E-state index in [9.17, 15) is 14.0 Å². The summed E-state index contributed by atoms with van der Waals surface area (Å²) in [5, 5.41) is 6.91. The van der Waals surface area contributed by atoms with Crippen molar-refractivity contribution in [1.29, 1.82) is 0 Å². The zero-order chi connectivity index (χ0) is 24.0. The number of carbonyl (C=O) groups is 1. The largest absolute Gasteiger partial charge is 0.319 e. The number of rotatable bonds is 4. The molecule has 0 spiro atoms. The molecule has 0 aliphatic carbocycles. The molecule has 5 aromatic rings. The predicted molar refractivity (Wildman–Crippen MR) is 129 cm³/mol. The first kappa shape index (κ1) is 21.5. The quantitative estimate of drug-likeness (QED) is 0.435. The van der Waals surface area contributed by atoms with E-state index in [-0.39, 0.29) is 22.7 Å². The van der Waals surface area contributed by atoms with Crippen molar-refractivity contribution >= 4 is 28.3 Å². The fraction of sp³-hybridized carbons (Fsp3) is 0.154. The molecule has 1 amide bonds. The highest BCUT2D eigenvalue weighted by Crippen LogP contribution is 2.18. The van der Waals surface area contributed by atoms with E-state index in [0.717, 1.165) is 16.7 Å². The molecule has 0 unspecified atom stereocenters. The van der Waals surface area contributed by atoms with Gasteiger partial charge in [-0.2, -0.15) is 4.98 Å². The highest BCUT2D eigenvalue weighted by Gasteiger charge is 2.20. The number of carbonyl (C=O) groups excluding carboxylic acids is 1. The molecule has 0 radical (unpaired) electrons. The first-order valence-corrected chi connectivity index (χ1v) is 10.8. The van der Waals surface area contributed by atoms with E-state index in [1.54, 1.807) is 23.6 Å². The number of anilines is 1. The fourth-order valence-electron chi connectivity index (χ4n) is 3.86. The van der Waals surface area contributed by atoms with Gasteiger partial charge in [0.1, 0.15) is 5.82 Å². The Labute approximate surface area is 194 Å². The number of halogens is 1. The second kappa shape index (κ2) is 8.22. The third-order valence-electron chi connectivity index (χ3n) is 5.79. The van der Waals surface area contributed by atoms with E-state index >= 15 is 0 Å². The first-order chi connectivity index (χ1) is 16.3. The first-order valence-electron chi connectivity index (χ1n) is 10.8. The fourth-order valence-corrected chi connectivity index (χ4v) is 3.86. The highest BCUT2D eigenvalue weighted by molar-refractivity contribution is 6.02. The lowest BCUT2D eigenvalue weighted by molar-refractivity contribution is 0.101. The normalized spacial score (nSPS) is 11.3. The molecule has 8 heteroatoms. The summed E-state index contributed by atoms with van der Waals surface area (Å²) >= 11 is 0. The average Bonchev–Trinajstić information content (AvgIpc) is 3.26. The predicted octanol–water partition coefficient (Wildman–Crippen LogP) is 4.41. The summed E-state index contributed by atoms with van der Waals surface area (Å²) in [5.41, 5.74) is 4.88. The lowest BCUT2D eigenvalue weighted by Crippen LogP contribution is -2.24. The zero-order valence-corrected chi connectivity index (χ0v) is 19.0. The second-order valence-electron chi connectivity index (χ2n) is 8.46. The van der Waals surface area contributed by atoms with Crippen molar-refractivity contribution in [2.45, 2.75) is 27.3 Å². The molecule has 0 fully saturated rings. The number of benzene rings is 3. The lowest BCUT2D eigenvalue weighted by atomic mass is 10.1. The van der Waals surface area contributed by atoms with Gasteiger partial charge in [0.2, 0.25) is 11.5 Å². The summed E-state index contributed by atoms with van der Waals surface area (Å²) in [7, 11) is 0. The van der Waals surface area contributed by atoms with E-state index < -0.39 is 11.7 Å². The Morgan fingerprint density at radius 3 is 2.41 bits per heavy atom. The summed E-state index contributed by atoms with van der Waals surface area (Å²) in [6.45, 7) is 5.95. The van der Waals surface area contributed by atoms with Crippen molar-refractivity contribution in [2.75, 3.05) is 5.32 Å². The van der Waals surface area contributed by atoms with Crippen LogP contribution >= 0.6 is 0 Å². The number of nitrogens with one attached hydrogen (secondary N) is 1. The number of aromatic nitrogens is 4. The Morgan fingerprint density at radius 1 is 0.941 bits per heavy atom. The summed E-state index contributed by atoms with van der Waals surface area (Å²) < 4.78 is 16.9. The van der Waals surface area contributed by atoms with Gasteiger partial charge in [0.25, 0.3) is 11.5 Å². The number of hydrogen-bond donors (Lipinski definition) is 1. The lowest BCUT2D eigenvalue weighted by Gasteiger charge is -2.12. The Balaban J connectivity index is 1.62. The van der Waals surface area contributed by atoms with Crippen molar-refractivity contribution in [1.82, 2.24) is 19.2 Å². The molecule has 0 aliphatic heterocycles. The molecule has 1 N–H and O–H groups in total. The SMILES string of the molecule is Cc1ccc(Cn2c(=O)c3nc(C(=O)Nc4ccc(C)c(F)c4)nn3c3ccc(C)cc32)cc1. The highest BCUT2D eigenvalue weighted by atomic mass is 19.1. The molecule has 34 heavy (non-hydrogen) atoms. The van der Waals surface area contributed by atoms with Crippen LogP contribution in [-0.2, 0) is 6.54 Å². The van der Waals surface area contributed by atoms with Gasteiger partial charge in [-0.05, 0) is 61.7 Å². The van der Waals surface area contributed by atoms with Crippen molar-refractivity contribution in [3.8, 4) is 0 Å². The van der Waals surface area contributed by atoms with Crippen LogP contribution < -0.4 is 10.9 Å². The molecule has 3 aromatic carbocycles. The number of nitrogens with zero attached hydrogens (tertiary/aromatic N) is 4. The van der Waals surface area contributed by atoms with Gasteiger partial charge in [-0.1, -0.05) is 42.0 Å². The van der Waals surface area contributed by atoms with Gasteiger partial charge in [-0.25, -0.2) is 8.91 Å². The number of aryl methyl sites for hydroxylation is 3. The van der Waals surface area contributed by atoms with Crippen LogP contribution in [0.3, 0.4) is 0 Å². The van der Waals surface area contributed by atoms with Crippen molar-refractivity contribution in [2.24, 2.45) is 0 Å². The van der Waals surface area contributed by atoms with Crippen LogP contribution in [0.1, 0.15) is 32.9 Å². The van der Waals surface area contributed by atoms with Gasteiger partial charge in [-0.3, -0.25) is 14.2 Å². The maximum absolute atomic E-state index is 13.9. The summed E-state index contributed by atoms with van der Waals surface area (Å²) in [4.78, 5) is 30.5. The van der Waals surface area contributed by atoms with Crippen LogP contribution in [0.5, 0.6) is 0 Å². The monoisotopic (exact) mass is 455 g/mol. The molecule has 0 bridgehead atoms. The standard InChI is InChI=1S/C26H22FN5O2/c1-15-4-8-18(9-5-15)14-31-22-12-16(2)6-11-21(22)32-24(26(31)34)29-23(30-32)25(33)28-19-10-7-17(3)20(27)13-19/h4-13H,14H2,1-3H3,(H,28,33). The minimum Gasteiger partial charge on any atom is -0.319 e. The zero-order valence-electron chi connectivity index (χ0n) is 19.0. The van der Waals surface area contributed by atoms with E-state index in [1.165, 1.54) is 10.6 Å². The molecule has 170 valence electrons. The summed E-state index contributed by atoms with van der Waals surface area (Å²) in [6.07, 6.45) is 0. The average molecular weight is 455 g/mol. The molecule has 0 atom stereocenters. The maximum atomic E-state index is 13.9. The van der Waals surface area contributed by atoms with Crippen LogP contribution in [0.2, 0.25) is 0 Å². The van der Waals surface area contributed by atoms with Crippen LogP contribution in [0.15, 0.2) is 65.5 Å². The van der Waals surface area contributed by atoms with Crippen LogP contribution in [0.4, 0.5) is 10.1 Å². The molecular weight excluding hydrogens is 433 g/mol. The van der Waals surface area contributed by atoms with E-state index in [1.807, 2.05) is 56.3 Å². The number of fused-ring (bicyclic) bond motifs is 3. The minimum absolute atomic E-state index is 0.0451. The topological polar surface area (TPSA) is 81.3 Å². The van der Waals surface area contributed by atoms with E-state index in [0.29, 0.717) is 23.1 Å². The van der Waals surface area contributed by atoms with Gasteiger partial charge < -0.3 is 5.32 Å². The Bertz CT molecular complexity index is 1630. The van der Waals surface area contributed by atoms with Crippen LogP contribution in [-0.4, -0.2) is 25.1 Å². The molecule has 2 aromatic heterocycles. The third-order valence-corrected chi connectivity index (χ3v) is 5.79. The molecule has 0 saturated heterocycles. The van der Waals surface area contributed by atoms with Gasteiger partial charge in [0, 0.05) is 5.69 Å². The van der Waals surface area contributed by atoms with Crippen LogP contribution in [0.25, 0.3) is 16.7 Å². The van der Waals surface area contributed by atoms with E-state index in [4.69, 9.17) is 0 Å². The Kier molecular flexibility index (Phi) is 5.20. The van der Waals surface area contributed by atoms with Gasteiger partial charge >= 0.3 is 0 Å². The third kappa shape index (κ3) is 3.83. The van der Waals surface area contributed by atoms with Crippen LogP contribution in [0, 0.1) is 26.6 Å². The Hall–Kier alpha value is -4.33. The van der Waals surface area contributed by atoms with Gasteiger partial charge in [0.15, 0.2) is 0 Å². The molecule has 0 aliphatic rings. The minimum atomic E-state index is -0.628. The molecule has 2 heterocycles. The number of amides is 1. The molecule has 7 nitrogen and oxygen atoms in total. The Morgan fingerprint density at radius 2 is 1.68 bits per heavy atom. The smallest absolute Gasteiger partial charge is 0.296 e.